The summed E-state index contributed by atoms with van der Waals surface area (Å²) in [5, 5.41) is 0. The van der Waals surface area contributed by atoms with Crippen LogP contribution in [0, 0.1) is 13.8 Å². The molecule has 0 aliphatic carbocycles. The summed E-state index contributed by atoms with van der Waals surface area (Å²) in [6.45, 7) is 7.22. The van der Waals surface area contributed by atoms with Gasteiger partial charge in [0.2, 0.25) is 5.95 Å². The van der Waals surface area contributed by atoms with Crippen LogP contribution in [0.1, 0.15) is 24.0 Å². The number of nitrogens with zero attached hydrogens (tertiary/aromatic N) is 6. The minimum atomic E-state index is -4.56. The molecular formula is C19H19F3N6O. The zero-order chi connectivity index (χ0) is 20.8. The lowest BCUT2D eigenvalue weighted by molar-refractivity contribution is -0.141. The van der Waals surface area contributed by atoms with Crippen LogP contribution in [0.15, 0.2) is 18.3 Å². The fraction of sp³-hybridized carbons (Fsp3) is 0.421. The quantitative estimate of drug-likeness (QED) is 0.648. The van der Waals surface area contributed by atoms with Crippen LogP contribution in [0.2, 0.25) is 0 Å². The van der Waals surface area contributed by atoms with E-state index in [1.165, 1.54) is 6.07 Å². The van der Waals surface area contributed by atoms with E-state index in [1.807, 2.05) is 18.7 Å². The molecule has 0 bridgehead atoms. The van der Waals surface area contributed by atoms with Crippen molar-refractivity contribution in [3.05, 3.63) is 35.4 Å². The zero-order valence-corrected chi connectivity index (χ0v) is 16.2. The SMILES string of the molecule is Cc1nc2nc(N3CCOC(C)C3)nc(-c3ccnc(C(F)(F)F)c3)c2nc1C. The van der Waals surface area contributed by atoms with Crippen molar-refractivity contribution in [1.29, 1.82) is 0 Å². The van der Waals surface area contributed by atoms with Crippen LogP contribution in [0.4, 0.5) is 19.1 Å². The summed E-state index contributed by atoms with van der Waals surface area (Å²) in [6, 6.07) is 2.46. The minimum Gasteiger partial charge on any atom is -0.375 e. The van der Waals surface area contributed by atoms with Gasteiger partial charge in [-0.3, -0.25) is 4.98 Å². The molecule has 0 radical (unpaired) electrons. The Morgan fingerprint density at radius 1 is 1.10 bits per heavy atom. The highest BCUT2D eigenvalue weighted by atomic mass is 19.4. The van der Waals surface area contributed by atoms with E-state index < -0.39 is 11.9 Å². The van der Waals surface area contributed by atoms with Crippen LogP contribution < -0.4 is 4.90 Å². The van der Waals surface area contributed by atoms with Gasteiger partial charge in [-0.05, 0) is 32.9 Å². The molecule has 3 aromatic rings. The topological polar surface area (TPSA) is 76.9 Å². The Bertz CT molecular complexity index is 1070. The Labute approximate surface area is 165 Å². The molecular weight excluding hydrogens is 385 g/mol. The van der Waals surface area contributed by atoms with Gasteiger partial charge in [-0.15, -0.1) is 0 Å². The van der Waals surface area contributed by atoms with Crippen molar-refractivity contribution in [3.63, 3.8) is 0 Å². The van der Waals surface area contributed by atoms with Gasteiger partial charge < -0.3 is 9.64 Å². The van der Waals surface area contributed by atoms with Crippen molar-refractivity contribution in [2.45, 2.75) is 33.1 Å². The van der Waals surface area contributed by atoms with E-state index in [-0.39, 0.29) is 11.7 Å². The van der Waals surface area contributed by atoms with E-state index in [4.69, 9.17) is 4.74 Å². The lowest BCUT2D eigenvalue weighted by Crippen LogP contribution is -2.42. The molecule has 0 N–H and O–H groups in total. The fourth-order valence-electron chi connectivity index (χ4n) is 3.18. The molecule has 1 fully saturated rings. The summed E-state index contributed by atoms with van der Waals surface area (Å²) in [6.07, 6.45) is -3.44. The molecule has 29 heavy (non-hydrogen) atoms. The number of halogens is 3. The van der Waals surface area contributed by atoms with E-state index in [9.17, 15) is 13.2 Å². The number of aromatic nitrogens is 5. The molecule has 1 unspecified atom stereocenters. The number of hydrogen-bond acceptors (Lipinski definition) is 7. The molecule has 1 saturated heterocycles. The number of morpholine rings is 1. The molecule has 152 valence electrons. The van der Waals surface area contributed by atoms with Gasteiger partial charge in [-0.25, -0.2) is 15.0 Å². The Hall–Kier alpha value is -2.88. The van der Waals surface area contributed by atoms with Crippen LogP contribution in [-0.4, -0.2) is 50.7 Å². The monoisotopic (exact) mass is 404 g/mol. The van der Waals surface area contributed by atoms with Gasteiger partial charge in [-0.2, -0.15) is 18.2 Å². The number of aryl methyl sites for hydroxylation is 2. The first-order chi connectivity index (χ1) is 13.7. The van der Waals surface area contributed by atoms with Crippen molar-refractivity contribution >= 4 is 17.1 Å². The van der Waals surface area contributed by atoms with Crippen molar-refractivity contribution in [2.75, 3.05) is 24.6 Å². The summed E-state index contributed by atoms with van der Waals surface area (Å²) in [5.41, 5.74) is 1.65. The number of fused-ring (bicyclic) bond motifs is 1. The minimum absolute atomic E-state index is 0.00454. The largest absolute Gasteiger partial charge is 0.433 e. The third-order valence-electron chi connectivity index (χ3n) is 4.78. The first kappa shape index (κ1) is 19.4. The van der Waals surface area contributed by atoms with E-state index in [0.717, 1.165) is 12.3 Å². The predicted molar refractivity (Wildman–Crippen MR) is 100 cm³/mol. The van der Waals surface area contributed by atoms with Gasteiger partial charge >= 0.3 is 6.18 Å². The second-order valence-corrected chi connectivity index (χ2v) is 6.99. The Balaban J connectivity index is 1.92. The van der Waals surface area contributed by atoms with E-state index in [0.29, 0.717) is 53.9 Å². The Morgan fingerprint density at radius 2 is 1.86 bits per heavy atom. The predicted octanol–water partition coefficient (Wildman–Crippen LogP) is 3.34. The molecule has 3 aromatic heterocycles. The summed E-state index contributed by atoms with van der Waals surface area (Å²) in [5.74, 6) is 0.394. The van der Waals surface area contributed by atoms with Crippen LogP contribution in [-0.2, 0) is 10.9 Å². The molecule has 7 nitrogen and oxygen atoms in total. The number of hydrogen-bond donors (Lipinski definition) is 0. The van der Waals surface area contributed by atoms with Crippen molar-refractivity contribution in [1.82, 2.24) is 24.9 Å². The fourth-order valence-corrected chi connectivity index (χ4v) is 3.18. The number of alkyl halides is 3. The smallest absolute Gasteiger partial charge is 0.375 e. The van der Waals surface area contributed by atoms with Crippen LogP contribution >= 0.6 is 0 Å². The van der Waals surface area contributed by atoms with Crippen LogP contribution in [0.25, 0.3) is 22.4 Å². The second kappa shape index (κ2) is 7.18. The normalized spacial score (nSPS) is 17.7. The summed E-state index contributed by atoms with van der Waals surface area (Å²) >= 11 is 0. The average molecular weight is 404 g/mol. The molecule has 0 saturated carbocycles. The zero-order valence-electron chi connectivity index (χ0n) is 16.2. The molecule has 1 aliphatic rings. The highest BCUT2D eigenvalue weighted by Gasteiger charge is 2.33. The molecule has 4 heterocycles. The first-order valence-corrected chi connectivity index (χ1v) is 9.15. The lowest BCUT2D eigenvalue weighted by Gasteiger charge is -2.31. The standard InChI is InChI=1S/C19H19F3N6O/c1-10-9-28(6-7-29-10)18-26-15(13-4-5-23-14(8-13)19(20,21)22)16-17(27-18)25-12(3)11(2)24-16/h4-5,8,10H,6-7,9H2,1-3H3. The third kappa shape index (κ3) is 3.84. The number of anilines is 1. The van der Waals surface area contributed by atoms with E-state index >= 15 is 0 Å². The molecule has 4 rings (SSSR count). The summed E-state index contributed by atoms with van der Waals surface area (Å²) in [4.78, 5) is 23.5. The number of rotatable bonds is 2. The van der Waals surface area contributed by atoms with Crippen LogP contribution in [0.3, 0.4) is 0 Å². The number of pyridine rings is 1. The Kier molecular flexibility index (Phi) is 4.81. The highest BCUT2D eigenvalue weighted by Crippen LogP contribution is 2.32. The molecule has 0 amide bonds. The van der Waals surface area contributed by atoms with Gasteiger partial charge in [0.25, 0.3) is 0 Å². The average Bonchev–Trinajstić information content (AvgIpc) is 2.67. The van der Waals surface area contributed by atoms with Gasteiger partial charge in [0, 0.05) is 24.8 Å². The maximum atomic E-state index is 13.2. The maximum absolute atomic E-state index is 13.2. The van der Waals surface area contributed by atoms with Gasteiger partial charge in [-0.1, -0.05) is 0 Å². The summed E-state index contributed by atoms with van der Waals surface area (Å²) in [7, 11) is 0. The second-order valence-electron chi connectivity index (χ2n) is 6.99. The summed E-state index contributed by atoms with van der Waals surface area (Å²) < 4.78 is 45.1. The lowest BCUT2D eigenvalue weighted by atomic mass is 10.1. The molecule has 0 spiro atoms. The molecule has 10 heteroatoms. The van der Waals surface area contributed by atoms with Gasteiger partial charge in [0.15, 0.2) is 5.65 Å². The molecule has 0 aromatic carbocycles. The van der Waals surface area contributed by atoms with Crippen LogP contribution in [0.5, 0.6) is 0 Å². The van der Waals surface area contributed by atoms with E-state index in [2.05, 4.69) is 24.9 Å². The van der Waals surface area contributed by atoms with Gasteiger partial charge in [0.1, 0.15) is 16.9 Å². The highest BCUT2D eigenvalue weighted by molar-refractivity contribution is 5.88. The van der Waals surface area contributed by atoms with Crippen molar-refractivity contribution < 1.29 is 17.9 Å². The van der Waals surface area contributed by atoms with Crippen molar-refractivity contribution in [3.8, 4) is 11.3 Å². The molecule has 1 aliphatic heterocycles. The Morgan fingerprint density at radius 3 is 2.59 bits per heavy atom. The third-order valence-corrected chi connectivity index (χ3v) is 4.78. The first-order valence-electron chi connectivity index (χ1n) is 9.15. The van der Waals surface area contributed by atoms with Gasteiger partial charge in [0.05, 0.1) is 24.1 Å². The maximum Gasteiger partial charge on any atom is 0.433 e. The number of ether oxygens (including phenoxy) is 1. The molecule has 1 atom stereocenters. The van der Waals surface area contributed by atoms with Crippen molar-refractivity contribution in [2.24, 2.45) is 0 Å². The van der Waals surface area contributed by atoms with E-state index in [1.54, 1.807) is 6.92 Å².